The van der Waals surface area contributed by atoms with Crippen molar-refractivity contribution in [1.82, 2.24) is 10.2 Å². The van der Waals surface area contributed by atoms with Gasteiger partial charge in [-0.3, -0.25) is 0 Å². The molecule has 0 radical (unpaired) electrons. The largest absolute Gasteiger partial charge is 0.494 e. The van der Waals surface area contributed by atoms with Gasteiger partial charge in [-0.15, -0.1) is 0 Å². The van der Waals surface area contributed by atoms with Crippen LogP contribution in [0.15, 0.2) is 24.3 Å². The molecule has 1 unspecified atom stereocenters. The highest BCUT2D eigenvalue weighted by Crippen LogP contribution is 2.25. The van der Waals surface area contributed by atoms with Crippen molar-refractivity contribution in [2.75, 3.05) is 33.3 Å². The van der Waals surface area contributed by atoms with Gasteiger partial charge in [0.15, 0.2) is 0 Å². The van der Waals surface area contributed by atoms with Gasteiger partial charge in [-0.2, -0.15) is 0 Å². The van der Waals surface area contributed by atoms with E-state index >= 15 is 0 Å². The van der Waals surface area contributed by atoms with Gasteiger partial charge in [0.1, 0.15) is 5.75 Å². The molecule has 1 fully saturated rings. The smallest absolute Gasteiger partial charge is 0.119 e. The third-order valence-corrected chi connectivity index (χ3v) is 3.80. The summed E-state index contributed by atoms with van der Waals surface area (Å²) in [5, 5.41) is 3.46. The van der Waals surface area contributed by atoms with E-state index in [1.165, 1.54) is 12.0 Å². The number of benzene rings is 1. The second-order valence-electron chi connectivity index (χ2n) is 5.99. The molecular weight excluding hydrogens is 236 g/mol. The standard InChI is InChI=1S/C16H26N2O/c1-4-19-15-7-5-14(6-8-15)11-18(3)13-16(2)9-10-17-12-16/h5-8,17H,4,9-13H2,1-3H3. The van der Waals surface area contributed by atoms with Crippen molar-refractivity contribution in [2.24, 2.45) is 5.41 Å². The van der Waals surface area contributed by atoms with Gasteiger partial charge in [0, 0.05) is 19.6 Å². The zero-order valence-electron chi connectivity index (χ0n) is 12.4. The van der Waals surface area contributed by atoms with E-state index in [0.717, 1.165) is 38.5 Å². The Hall–Kier alpha value is -1.06. The van der Waals surface area contributed by atoms with Crippen molar-refractivity contribution >= 4 is 0 Å². The maximum absolute atomic E-state index is 5.47. The first-order chi connectivity index (χ1) is 9.11. The Bertz CT molecular complexity index is 382. The monoisotopic (exact) mass is 262 g/mol. The molecule has 0 aromatic heterocycles. The van der Waals surface area contributed by atoms with Crippen LogP contribution in [0.25, 0.3) is 0 Å². The lowest BCUT2D eigenvalue weighted by Gasteiger charge is -2.29. The Morgan fingerprint density at radius 2 is 2.05 bits per heavy atom. The van der Waals surface area contributed by atoms with Crippen LogP contribution in [-0.4, -0.2) is 38.2 Å². The van der Waals surface area contributed by atoms with E-state index in [-0.39, 0.29) is 0 Å². The van der Waals surface area contributed by atoms with E-state index in [4.69, 9.17) is 4.74 Å². The molecule has 0 aliphatic carbocycles. The molecule has 0 saturated carbocycles. The predicted molar refractivity (Wildman–Crippen MR) is 79.5 cm³/mol. The Morgan fingerprint density at radius 1 is 1.32 bits per heavy atom. The molecule has 0 amide bonds. The van der Waals surface area contributed by atoms with Gasteiger partial charge >= 0.3 is 0 Å². The lowest BCUT2D eigenvalue weighted by Crippen LogP contribution is -2.34. The molecule has 0 spiro atoms. The first-order valence-electron chi connectivity index (χ1n) is 7.22. The van der Waals surface area contributed by atoms with Crippen molar-refractivity contribution in [3.63, 3.8) is 0 Å². The average Bonchev–Trinajstić information content (AvgIpc) is 2.78. The summed E-state index contributed by atoms with van der Waals surface area (Å²) in [7, 11) is 2.21. The van der Waals surface area contributed by atoms with E-state index in [2.05, 4.69) is 48.5 Å². The maximum atomic E-state index is 5.47. The lowest BCUT2D eigenvalue weighted by atomic mass is 9.89. The van der Waals surface area contributed by atoms with Crippen LogP contribution in [0.3, 0.4) is 0 Å². The normalized spacial score (nSPS) is 22.9. The number of nitrogens with one attached hydrogen (secondary N) is 1. The highest BCUT2D eigenvalue weighted by atomic mass is 16.5. The van der Waals surface area contributed by atoms with E-state index in [1.807, 2.05) is 6.92 Å². The van der Waals surface area contributed by atoms with Gasteiger partial charge < -0.3 is 15.0 Å². The van der Waals surface area contributed by atoms with Crippen LogP contribution in [0.4, 0.5) is 0 Å². The fourth-order valence-corrected chi connectivity index (χ4v) is 2.88. The second kappa shape index (κ2) is 6.40. The average molecular weight is 262 g/mol. The van der Waals surface area contributed by atoms with Gasteiger partial charge in [-0.25, -0.2) is 0 Å². The molecule has 1 saturated heterocycles. The maximum Gasteiger partial charge on any atom is 0.119 e. The molecule has 1 aliphatic rings. The van der Waals surface area contributed by atoms with E-state index in [1.54, 1.807) is 0 Å². The summed E-state index contributed by atoms with van der Waals surface area (Å²) in [6.45, 7) is 9.56. The van der Waals surface area contributed by atoms with Crippen LogP contribution in [0, 0.1) is 5.41 Å². The summed E-state index contributed by atoms with van der Waals surface area (Å²) in [4.78, 5) is 2.42. The molecule has 1 heterocycles. The van der Waals surface area contributed by atoms with E-state index in [0.29, 0.717) is 5.41 Å². The quantitative estimate of drug-likeness (QED) is 0.852. The molecule has 0 bridgehead atoms. The van der Waals surface area contributed by atoms with Crippen LogP contribution in [0.1, 0.15) is 25.8 Å². The molecule has 106 valence electrons. The summed E-state index contributed by atoms with van der Waals surface area (Å²) in [5.74, 6) is 0.959. The van der Waals surface area contributed by atoms with Gasteiger partial charge in [0.25, 0.3) is 0 Å². The zero-order chi connectivity index (χ0) is 13.7. The Balaban J connectivity index is 1.86. The van der Waals surface area contributed by atoms with E-state index in [9.17, 15) is 0 Å². The highest BCUT2D eigenvalue weighted by molar-refractivity contribution is 5.27. The first kappa shape index (κ1) is 14.4. The van der Waals surface area contributed by atoms with Crippen molar-refractivity contribution in [2.45, 2.75) is 26.8 Å². The van der Waals surface area contributed by atoms with Gasteiger partial charge in [0.2, 0.25) is 0 Å². The SMILES string of the molecule is CCOc1ccc(CN(C)CC2(C)CCNC2)cc1. The molecule has 3 nitrogen and oxygen atoms in total. The molecule has 3 heteroatoms. The first-order valence-corrected chi connectivity index (χ1v) is 7.22. The van der Waals surface area contributed by atoms with Crippen LogP contribution in [0.2, 0.25) is 0 Å². The number of rotatable bonds is 6. The topological polar surface area (TPSA) is 24.5 Å². The Kier molecular flexibility index (Phi) is 4.83. The minimum absolute atomic E-state index is 0.431. The molecule has 1 aromatic carbocycles. The third-order valence-electron chi connectivity index (χ3n) is 3.80. The minimum atomic E-state index is 0.431. The van der Waals surface area contributed by atoms with Crippen molar-refractivity contribution in [1.29, 1.82) is 0 Å². The highest BCUT2D eigenvalue weighted by Gasteiger charge is 2.29. The summed E-state index contributed by atoms with van der Waals surface area (Å²) < 4.78 is 5.47. The van der Waals surface area contributed by atoms with E-state index < -0.39 is 0 Å². The van der Waals surface area contributed by atoms with Crippen LogP contribution in [0.5, 0.6) is 5.75 Å². The predicted octanol–water partition coefficient (Wildman–Crippen LogP) is 2.52. The number of hydrogen-bond acceptors (Lipinski definition) is 3. The minimum Gasteiger partial charge on any atom is -0.494 e. The van der Waals surface area contributed by atoms with Crippen LogP contribution < -0.4 is 10.1 Å². The van der Waals surface area contributed by atoms with Crippen molar-refractivity contribution in [3.8, 4) is 5.75 Å². The van der Waals surface area contributed by atoms with Gasteiger partial charge in [-0.1, -0.05) is 19.1 Å². The molecule has 1 aromatic rings. The molecule has 1 N–H and O–H groups in total. The third kappa shape index (κ3) is 4.22. The number of hydrogen-bond donors (Lipinski definition) is 1. The summed E-state index contributed by atoms with van der Waals surface area (Å²) in [6.07, 6.45) is 1.28. The molecule has 2 rings (SSSR count). The van der Waals surface area contributed by atoms with Crippen LogP contribution >= 0.6 is 0 Å². The number of nitrogens with zero attached hydrogens (tertiary/aromatic N) is 1. The second-order valence-corrected chi connectivity index (χ2v) is 5.99. The molecule has 1 atom stereocenters. The fraction of sp³-hybridized carbons (Fsp3) is 0.625. The summed E-state index contributed by atoms with van der Waals surface area (Å²) in [5.41, 5.74) is 1.78. The summed E-state index contributed by atoms with van der Waals surface area (Å²) in [6, 6.07) is 8.45. The lowest BCUT2D eigenvalue weighted by molar-refractivity contribution is 0.203. The molecule has 1 aliphatic heterocycles. The fourth-order valence-electron chi connectivity index (χ4n) is 2.88. The van der Waals surface area contributed by atoms with Crippen molar-refractivity contribution in [3.05, 3.63) is 29.8 Å². The Morgan fingerprint density at radius 3 is 2.63 bits per heavy atom. The van der Waals surface area contributed by atoms with Crippen LogP contribution in [-0.2, 0) is 6.54 Å². The van der Waals surface area contributed by atoms with Gasteiger partial charge in [-0.05, 0) is 50.0 Å². The van der Waals surface area contributed by atoms with Gasteiger partial charge in [0.05, 0.1) is 6.61 Å². The Labute approximate surface area is 116 Å². The molecule has 19 heavy (non-hydrogen) atoms. The number of ether oxygens (including phenoxy) is 1. The zero-order valence-corrected chi connectivity index (χ0v) is 12.4. The van der Waals surface area contributed by atoms with Crippen molar-refractivity contribution < 1.29 is 4.74 Å². The molecular formula is C16H26N2O. The summed E-state index contributed by atoms with van der Waals surface area (Å²) >= 11 is 0.